The molecule has 138 valence electrons. The number of carboxylic acid groups (broad SMARTS) is 1. The molecule has 1 amide bonds. The van der Waals surface area contributed by atoms with Gasteiger partial charge in [0, 0.05) is 11.6 Å². The van der Waals surface area contributed by atoms with Gasteiger partial charge in [-0.15, -0.1) is 0 Å². The molecule has 0 aliphatic heterocycles. The first-order valence-corrected chi connectivity index (χ1v) is 8.45. The normalized spacial score (nSPS) is 13.7. The number of nitrogens with zero attached hydrogens (tertiary/aromatic N) is 3. The Morgan fingerprint density at radius 1 is 1.56 bits per heavy atom. The standard InChI is InChI=1S/C17H24ClFN4O2/c1-6-7-13(10(2)23(16(24)25)17(3,4)5)21-15-12(19)8-11(9-20)14(18)22-15/h8,10,13H,6-7H2,1-5H3,(H,21,22)(H,24,25)/t10-,13-/m0/s1. The third-order valence-electron chi connectivity index (χ3n) is 3.89. The van der Waals surface area contributed by atoms with Crippen molar-refractivity contribution in [1.82, 2.24) is 9.88 Å². The number of amides is 1. The number of hydrogen-bond acceptors (Lipinski definition) is 4. The molecule has 0 saturated heterocycles. The van der Waals surface area contributed by atoms with E-state index in [0.29, 0.717) is 6.42 Å². The maximum atomic E-state index is 14.2. The minimum atomic E-state index is -1.05. The molecule has 0 fully saturated rings. The lowest BCUT2D eigenvalue weighted by molar-refractivity contribution is 0.0683. The molecule has 1 aromatic rings. The van der Waals surface area contributed by atoms with Crippen LogP contribution in [0, 0.1) is 17.1 Å². The van der Waals surface area contributed by atoms with Gasteiger partial charge in [-0.25, -0.2) is 14.2 Å². The van der Waals surface area contributed by atoms with E-state index in [-0.39, 0.29) is 22.6 Å². The van der Waals surface area contributed by atoms with Crippen molar-refractivity contribution in [2.45, 2.75) is 65.1 Å². The van der Waals surface area contributed by atoms with Crippen LogP contribution in [0.15, 0.2) is 6.07 Å². The van der Waals surface area contributed by atoms with Gasteiger partial charge in [0.2, 0.25) is 0 Å². The Bertz CT molecular complexity index is 670. The molecule has 1 heterocycles. The summed E-state index contributed by atoms with van der Waals surface area (Å²) >= 11 is 5.88. The fourth-order valence-corrected chi connectivity index (χ4v) is 3.00. The van der Waals surface area contributed by atoms with Crippen LogP contribution in [0.4, 0.5) is 15.0 Å². The number of aromatic nitrogens is 1. The fraction of sp³-hybridized carbons (Fsp3) is 0.588. The van der Waals surface area contributed by atoms with Gasteiger partial charge in [-0.2, -0.15) is 5.26 Å². The summed E-state index contributed by atoms with van der Waals surface area (Å²) in [5, 5.41) is 21.3. The topological polar surface area (TPSA) is 89.3 Å². The van der Waals surface area contributed by atoms with Crippen molar-refractivity contribution in [3.05, 3.63) is 22.6 Å². The van der Waals surface area contributed by atoms with E-state index < -0.39 is 23.5 Å². The lowest BCUT2D eigenvalue weighted by atomic mass is 9.97. The Hall–Kier alpha value is -2.07. The van der Waals surface area contributed by atoms with E-state index in [2.05, 4.69) is 10.3 Å². The second-order valence-electron chi connectivity index (χ2n) is 6.87. The van der Waals surface area contributed by atoms with Crippen molar-refractivity contribution < 1.29 is 14.3 Å². The molecular weight excluding hydrogens is 347 g/mol. The number of rotatable bonds is 6. The van der Waals surface area contributed by atoms with Crippen molar-refractivity contribution >= 4 is 23.5 Å². The predicted molar refractivity (Wildman–Crippen MR) is 95.3 cm³/mol. The summed E-state index contributed by atoms with van der Waals surface area (Å²) in [7, 11) is 0. The van der Waals surface area contributed by atoms with Crippen LogP contribution in [0.3, 0.4) is 0 Å². The first-order chi connectivity index (χ1) is 11.5. The number of pyridine rings is 1. The third-order valence-corrected chi connectivity index (χ3v) is 4.18. The number of anilines is 1. The molecule has 0 aliphatic carbocycles. The Balaban J connectivity index is 3.18. The maximum Gasteiger partial charge on any atom is 0.408 e. The average molecular weight is 371 g/mol. The summed E-state index contributed by atoms with van der Waals surface area (Å²) in [6.07, 6.45) is 0.333. The van der Waals surface area contributed by atoms with Gasteiger partial charge < -0.3 is 10.4 Å². The summed E-state index contributed by atoms with van der Waals surface area (Å²) in [6, 6.07) is 1.98. The molecule has 1 aromatic heterocycles. The zero-order valence-electron chi connectivity index (χ0n) is 15.1. The molecular formula is C17H24ClFN4O2. The molecule has 8 heteroatoms. The second-order valence-corrected chi connectivity index (χ2v) is 7.23. The molecule has 0 saturated carbocycles. The van der Waals surface area contributed by atoms with Gasteiger partial charge in [-0.3, -0.25) is 4.90 Å². The predicted octanol–water partition coefficient (Wildman–Crippen LogP) is 4.49. The summed E-state index contributed by atoms with van der Waals surface area (Å²) < 4.78 is 14.2. The largest absolute Gasteiger partial charge is 0.465 e. The highest BCUT2D eigenvalue weighted by molar-refractivity contribution is 6.30. The molecule has 1 rings (SSSR count). The SMILES string of the molecule is CCC[C@H](Nc1nc(Cl)c(C#N)cc1F)[C@H](C)N(C(=O)O)C(C)(C)C. The molecule has 0 spiro atoms. The number of halogens is 2. The highest BCUT2D eigenvalue weighted by Gasteiger charge is 2.35. The van der Waals surface area contributed by atoms with Crippen molar-refractivity contribution in [3.8, 4) is 6.07 Å². The van der Waals surface area contributed by atoms with Crippen LogP contribution in [0.25, 0.3) is 0 Å². The summed E-state index contributed by atoms with van der Waals surface area (Å²) in [5.41, 5.74) is -0.667. The zero-order chi connectivity index (χ0) is 19.4. The van der Waals surface area contributed by atoms with Crippen LogP contribution in [-0.2, 0) is 0 Å². The van der Waals surface area contributed by atoms with Gasteiger partial charge in [-0.1, -0.05) is 24.9 Å². The monoisotopic (exact) mass is 370 g/mol. The van der Waals surface area contributed by atoms with Crippen molar-refractivity contribution in [2.24, 2.45) is 0 Å². The molecule has 6 nitrogen and oxygen atoms in total. The summed E-state index contributed by atoms with van der Waals surface area (Å²) in [6.45, 7) is 9.14. The molecule has 25 heavy (non-hydrogen) atoms. The van der Waals surface area contributed by atoms with Crippen LogP contribution >= 0.6 is 11.6 Å². The van der Waals surface area contributed by atoms with Gasteiger partial charge in [0.05, 0.1) is 11.6 Å². The van der Waals surface area contributed by atoms with E-state index in [1.54, 1.807) is 33.8 Å². The minimum Gasteiger partial charge on any atom is -0.465 e. The van der Waals surface area contributed by atoms with Crippen molar-refractivity contribution in [2.75, 3.05) is 5.32 Å². The molecule has 2 N–H and O–H groups in total. The third kappa shape index (κ3) is 5.20. The Morgan fingerprint density at radius 3 is 2.60 bits per heavy atom. The minimum absolute atomic E-state index is 0.0494. The van der Waals surface area contributed by atoms with Crippen LogP contribution in [0.2, 0.25) is 5.15 Å². The van der Waals surface area contributed by atoms with Crippen LogP contribution < -0.4 is 5.32 Å². The molecule has 0 radical (unpaired) electrons. The van der Waals surface area contributed by atoms with E-state index in [1.807, 2.05) is 6.92 Å². The molecule has 0 unspecified atom stereocenters. The number of nitrogens with one attached hydrogen (secondary N) is 1. The van der Waals surface area contributed by atoms with E-state index in [0.717, 1.165) is 12.5 Å². The van der Waals surface area contributed by atoms with Crippen LogP contribution in [0.5, 0.6) is 0 Å². The summed E-state index contributed by atoms with van der Waals surface area (Å²) in [4.78, 5) is 16.9. The van der Waals surface area contributed by atoms with E-state index in [4.69, 9.17) is 16.9 Å². The van der Waals surface area contributed by atoms with Gasteiger partial charge in [0.1, 0.15) is 11.2 Å². The smallest absolute Gasteiger partial charge is 0.408 e. The molecule has 0 aliphatic rings. The Labute approximate surface area is 152 Å². The van der Waals surface area contributed by atoms with E-state index >= 15 is 0 Å². The van der Waals surface area contributed by atoms with Gasteiger partial charge >= 0.3 is 6.09 Å². The lowest BCUT2D eigenvalue weighted by Gasteiger charge is -2.41. The van der Waals surface area contributed by atoms with Crippen LogP contribution in [0.1, 0.15) is 53.0 Å². The number of carbonyl (C=O) groups is 1. The quantitative estimate of drug-likeness (QED) is 0.720. The second kappa shape index (κ2) is 8.34. The van der Waals surface area contributed by atoms with Gasteiger partial charge in [0.25, 0.3) is 0 Å². The average Bonchev–Trinajstić information content (AvgIpc) is 2.47. The zero-order valence-corrected chi connectivity index (χ0v) is 15.9. The Kier molecular flexibility index (Phi) is 7.00. The fourth-order valence-electron chi connectivity index (χ4n) is 2.82. The van der Waals surface area contributed by atoms with Gasteiger partial charge in [-0.05, 0) is 40.2 Å². The van der Waals surface area contributed by atoms with E-state index in [9.17, 15) is 14.3 Å². The lowest BCUT2D eigenvalue weighted by Crippen LogP contribution is -2.55. The number of hydrogen-bond donors (Lipinski definition) is 2. The van der Waals surface area contributed by atoms with E-state index in [1.165, 1.54) is 4.90 Å². The molecule has 0 aromatic carbocycles. The maximum absolute atomic E-state index is 14.2. The van der Waals surface area contributed by atoms with Crippen molar-refractivity contribution in [3.63, 3.8) is 0 Å². The van der Waals surface area contributed by atoms with Crippen molar-refractivity contribution in [1.29, 1.82) is 5.26 Å². The highest BCUT2D eigenvalue weighted by Crippen LogP contribution is 2.25. The Morgan fingerprint density at radius 2 is 2.16 bits per heavy atom. The summed E-state index contributed by atoms with van der Waals surface area (Å²) in [5.74, 6) is -0.791. The molecule has 2 atom stereocenters. The first kappa shape index (κ1) is 21.0. The highest BCUT2D eigenvalue weighted by atomic mass is 35.5. The molecule has 0 bridgehead atoms. The van der Waals surface area contributed by atoms with Crippen LogP contribution in [-0.4, -0.2) is 38.7 Å². The van der Waals surface area contributed by atoms with Gasteiger partial charge in [0.15, 0.2) is 11.6 Å². The first-order valence-electron chi connectivity index (χ1n) is 8.07. The number of nitriles is 1.